The third-order valence-electron chi connectivity index (χ3n) is 2.94. The molecule has 2 heterocycles. The van der Waals surface area contributed by atoms with Crippen molar-refractivity contribution in [3.8, 4) is 11.1 Å². The molecule has 1 aromatic heterocycles. The fraction of sp³-hybridized carbons (Fsp3) is 0.154. The summed E-state index contributed by atoms with van der Waals surface area (Å²) in [6.45, 7) is 1.91. The van der Waals surface area contributed by atoms with Crippen LogP contribution in [0.2, 0.25) is 5.02 Å². The van der Waals surface area contributed by atoms with E-state index in [1.165, 1.54) is 0 Å². The Morgan fingerprint density at radius 3 is 2.72 bits per heavy atom. The second-order valence-corrected chi connectivity index (χ2v) is 4.61. The van der Waals surface area contributed by atoms with Crippen LogP contribution < -0.4 is 5.56 Å². The molecule has 0 N–H and O–H groups in total. The molecule has 1 aliphatic rings. The van der Waals surface area contributed by atoms with Gasteiger partial charge in [-0.2, -0.15) is 0 Å². The van der Waals surface area contributed by atoms with Gasteiger partial charge in [-0.05, 0) is 24.6 Å². The van der Waals surface area contributed by atoms with Crippen LogP contribution in [0.4, 0.5) is 5.95 Å². The van der Waals surface area contributed by atoms with E-state index in [1.54, 1.807) is 29.1 Å². The molecule has 0 saturated heterocycles. The zero-order valence-electron chi connectivity index (χ0n) is 9.67. The Morgan fingerprint density at radius 1 is 1.28 bits per heavy atom. The lowest BCUT2D eigenvalue weighted by Gasteiger charge is -2.08. The highest BCUT2D eigenvalue weighted by atomic mass is 35.5. The second-order valence-electron chi connectivity index (χ2n) is 4.17. The number of hydrogen-bond donors (Lipinski definition) is 0. The zero-order chi connectivity index (χ0) is 12.7. The van der Waals surface area contributed by atoms with Gasteiger partial charge in [0.1, 0.15) is 0 Å². The maximum Gasteiger partial charge on any atom is 0.263 e. The molecule has 0 spiro atoms. The molecule has 1 aromatic carbocycles. The van der Waals surface area contributed by atoms with Crippen molar-refractivity contribution in [2.24, 2.45) is 4.99 Å². The largest absolute Gasteiger partial charge is 0.268 e. The summed E-state index contributed by atoms with van der Waals surface area (Å²) in [5, 5.41) is 0.643. The number of nitrogens with zero attached hydrogens (tertiary/aromatic N) is 3. The highest BCUT2D eigenvalue weighted by Gasteiger charge is 2.18. The van der Waals surface area contributed by atoms with Crippen LogP contribution in [0.3, 0.4) is 0 Å². The highest BCUT2D eigenvalue weighted by Crippen LogP contribution is 2.23. The summed E-state index contributed by atoms with van der Waals surface area (Å²) < 4.78 is 1.59. The first-order valence-electron chi connectivity index (χ1n) is 5.58. The zero-order valence-corrected chi connectivity index (χ0v) is 10.4. The van der Waals surface area contributed by atoms with E-state index in [2.05, 4.69) is 9.98 Å². The first-order chi connectivity index (χ1) is 8.66. The number of hydrogen-bond acceptors (Lipinski definition) is 3. The third kappa shape index (κ3) is 1.66. The van der Waals surface area contributed by atoms with Crippen LogP contribution in [0.1, 0.15) is 13.0 Å². The summed E-state index contributed by atoms with van der Waals surface area (Å²) >= 11 is 5.84. The van der Waals surface area contributed by atoms with E-state index in [1.807, 2.05) is 19.1 Å². The normalized spacial score (nSPS) is 16.9. The van der Waals surface area contributed by atoms with Crippen molar-refractivity contribution in [2.75, 3.05) is 0 Å². The van der Waals surface area contributed by atoms with E-state index >= 15 is 0 Å². The van der Waals surface area contributed by atoms with Crippen molar-refractivity contribution in [2.45, 2.75) is 13.0 Å². The van der Waals surface area contributed by atoms with Crippen molar-refractivity contribution in [3.63, 3.8) is 0 Å². The molecule has 4 nitrogen and oxygen atoms in total. The van der Waals surface area contributed by atoms with Crippen LogP contribution in [0.25, 0.3) is 11.1 Å². The number of aliphatic imine (C=N–C) groups is 1. The first-order valence-corrected chi connectivity index (χ1v) is 5.96. The van der Waals surface area contributed by atoms with Crippen LogP contribution in [0, 0.1) is 0 Å². The van der Waals surface area contributed by atoms with Crippen molar-refractivity contribution in [3.05, 3.63) is 45.8 Å². The molecule has 0 fully saturated rings. The van der Waals surface area contributed by atoms with Crippen molar-refractivity contribution < 1.29 is 0 Å². The molecule has 1 unspecified atom stereocenters. The van der Waals surface area contributed by atoms with Gasteiger partial charge in [0.05, 0.1) is 11.6 Å². The standard InChI is InChI=1S/C13H10ClN3O/c1-8-6-15-13-16-7-11(12(18)17(8)13)9-2-4-10(14)5-3-9/h2-8H,1H3. The summed E-state index contributed by atoms with van der Waals surface area (Å²) in [6, 6.07) is 7.09. The maximum atomic E-state index is 12.4. The highest BCUT2D eigenvalue weighted by molar-refractivity contribution is 6.30. The molecule has 3 rings (SSSR count). The van der Waals surface area contributed by atoms with Crippen molar-refractivity contribution >= 4 is 23.8 Å². The fourth-order valence-electron chi connectivity index (χ4n) is 1.99. The molecule has 2 aromatic rings. The van der Waals surface area contributed by atoms with Gasteiger partial charge in [-0.1, -0.05) is 23.7 Å². The Hall–Kier alpha value is -1.94. The average molecular weight is 260 g/mol. The van der Waals surface area contributed by atoms with E-state index in [0.29, 0.717) is 16.5 Å². The summed E-state index contributed by atoms with van der Waals surface area (Å²) in [7, 11) is 0. The van der Waals surface area contributed by atoms with Crippen molar-refractivity contribution in [1.29, 1.82) is 0 Å². The minimum Gasteiger partial charge on any atom is -0.268 e. The quantitative estimate of drug-likeness (QED) is 0.791. The molecule has 0 saturated carbocycles. The number of rotatable bonds is 1. The van der Waals surface area contributed by atoms with Crippen LogP contribution in [-0.2, 0) is 0 Å². The minimum absolute atomic E-state index is 0.0488. The van der Waals surface area contributed by atoms with E-state index in [0.717, 1.165) is 5.56 Å². The van der Waals surface area contributed by atoms with Crippen LogP contribution in [0.15, 0.2) is 40.2 Å². The molecule has 0 radical (unpaired) electrons. The molecule has 18 heavy (non-hydrogen) atoms. The van der Waals surface area contributed by atoms with Gasteiger partial charge in [0.2, 0.25) is 5.95 Å². The Morgan fingerprint density at radius 2 is 2.00 bits per heavy atom. The Bertz CT molecular complexity index is 688. The summed E-state index contributed by atoms with van der Waals surface area (Å²) in [5.74, 6) is 0.463. The molecule has 0 aliphatic carbocycles. The van der Waals surface area contributed by atoms with E-state index < -0.39 is 0 Å². The molecule has 5 heteroatoms. The van der Waals surface area contributed by atoms with Crippen molar-refractivity contribution in [1.82, 2.24) is 9.55 Å². The van der Waals surface area contributed by atoms with Gasteiger partial charge in [-0.25, -0.2) is 9.98 Å². The fourth-order valence-corrected chi connectivity index (χ4v) is 2.12. The Kier molecular flexibility index (Phi) is 2.52. The Labute approximate surface area is 109 Å². The average Bonchev–Trinajstić information content (AvgIpc) is 2.74. The lowest BCUT2D eigenvalue weighted by molar-refractivity contribution is 0.694. The van der Waals surface area contributed by atoms with E-state index in [-0.39, 0.29) is 11.6 Å². The van der Waals surface area contributed by atoms with Gasteiger partial charge in [0, 0.05) is 17.4 Å². The number of benzene rings is 1. The lowest BCUT2D eigenvalue weighted by atomic mass is 10.1. The van der Waals surface area contributed by atoms with E-state index in [9.17, 15) is 4.79 Å². The number of aromatic nitrogens is 2. The topological polar surface area (TPSA) is 47.2 Å². The Balaban J connectivity index is 2.19. The molecule has 90 valence electrons. The monoisotopic (exact) mass is 259 g/mol. The SMILES string of the molecule is CC1C=Nc2ncc(-c3ccc(Cl)cc3)c(=O)n21. The molecule has 1 aliphatic heterocycles. The second kappa shape index (κ2) is 4.07. The predicted molar refractivity (Wildman–Crippen MR) is 71.8 cm³/mol. The van der Waals surface area contributed by atoms with Gasteiger partial charge in [0.25, 0.3) is 5.56 Å². The molecular weight excluding hydrogens is 250 g/mol. The summed E-state index contributed by atoms with van der Waals surface area (Å²) in [4.78, 5) is 20.7. The van der Waals surface area contributed by atoms with Gasteiger partial charge >= 0.3 is 0 Å². The molecule has 0 bridgehead atoms. The van der Waals surface area contributed by atoms with E-state index in [4.69, 9.17) is 11.6 Å². The first kappa shape index (κ1) is 11.2. The number of fused-ring (bicyclic) bond motifs is 1. The molecule has 1 atom stereocenters. The molecular formula is C13H10ClN3O. The lowest BCUT2D eigenvalue weighted by Crippen LogP contribution is -2.23. The van der Waals surface area contributed by atoms with Gasteiger partial charge in [0.15, 0.2) is 0 Å². The minimum atomic E-state index is -0.0766. The van der Waals surface area contributed by atoms with Gasteiger partial charge in [-0.15, -0.1) is 0 Å². The maximum absolute atomic E-state index is 12.4. The third-order valence-corrected chi connectivity index (χ3v) is 3.19. The number of halogens is 1. The van der Waals surface area contributed by atoms with Gasteiger partial charge in [-0.3, -0.25) is 9.36 Å². The molecule has 0 amide bonds. The van der Waals surface area contributed by atoms with Crippen LogP contribution >= 0.6 is 11.6 Å². The summed E-state index contributed by atoms with van der Waals surface area (Å²) in [6.07, 6.45) is 3.28. The van der Waals surface area contributed by atoms with Crippen LogP contribution in [-0.4, -0.2) is 15.8 Å². The summed E-state index contributed by atoms with van der Waals surface area (Å²) in [5.41, 5.74) is 1.30. The smallest absolute Gasteiger partial charge is 0.263 e. The predicted octanol–water partition coefficient (Wildman–Crippen LogP) is 2.84. The van der Waals surface area contributed by atoms with Gasteiger partial charge < -0.3 is 0 Å². The van der Waals surface area contributed by atoms with Crippen LogP contribution in [0.5, 0.6) is 0 Å².